The summed E-state index contributed by atoms with van der Waals surface area (Å²) in [6, 6.07) is 0. The first-order valence-corrected chi connectivity index (χ1v) is 6.32. The topological polar surface area (TPSA) is 87.4 Å². The number of amides is 1. The molecule has 0 aliphatic carbocycles. The van der Waals surface area contributed by atoms with Gasteiger partial charge in [-0.3, -0.25) is 14.6 Å². The van der Waals surface area contributed by atoms with Gasteiger partial charge in [0.25, 0.3) is 0 Å². The summed E-state index contributed by atoms with van der Waals surface area (Å²) in [5, 5.41) is 2.93. The number of rotatable bonds is 8. The highest BCUT2D eigenvalue weighted by molar-refractivity contribution is 5.85. The lowest BCUT2D eigenvalue weighted by atomic mass is 10.3. The Morgan fingerprint density at radius 1 is 1.47 bits per heavy atom. The van der Waals surface area contributed by atoms with E-state index in [4.69, 9.17) is 5.73 Å². The van der Waals surface area contributed by atoms with E-state index < -0.39 is 0 Å². The number of nitrogen functional groups attached to an aromatic ring is 1. The van der Waals surface area contributed by atoms with Gasteiger partial charge in [-0.2, -0.15) is 0 Å². The summed E-state index contributed by atoms with van der Waals surface area (Å²) >= 11 is 0. The zero-order valence-corrected chi connectivity index (χ0v) is 11.8. The summed E-state index contributed by atoms with van der Waals surface area (Å²) in [7, 11) is 3.69. The molecule has 0 saturated heterocycles. The molecule has 0 atom stereocenters. The Morgan fingerprint density at radius 3 is 2.79 bits per heavy atom. The highest BCUT2D eigenvalue weighted by atomic mass is 16.1. The lowest BCUT2D eigenvalue weighted by Gasteiger charge is -2.25. The first-order valence-electron chi connectivity index (χ1n) is 6.32. The average Bonchev–Trinajstić information content (AvgIpc) is 2.42. The van der Waals surface area contributed by atoms with Gasteiger partial charge in [0.2, 0.25) is 6.41 Å². The first-order chi connectivity index (χ1) is 9.13. The van der Waals surface area contributed by atoms with Gasteiger partial charge in [-0.05, 0) is 20.0 Å². The van der Waals surface area contributed by atoms with Crippen molar-refractivity contribution in [3.05, 3.63) is 6.33 Å². The number of nitrogens with one attached hydrogen (secondary N) is 1. The molecule has 0 aliphatic rings. The molecule has 19 heavy (non-hydrogen) atoms. The monoisotopic (exact) mass is 266 g/mol. The molecule has 0 fully saturated rings. The second-order valence-corrected chi connectivity index (χ2v) is 4.36. The molecule has 7 heteroatoms. The summed E-state index contributed by atoms with van der Waals surface area (Å²) in [5.74, 6) is 0.823. The molecule has 0 aliphatic heterocycles. The number of carbonyl (C=O) groups is 1. The van der Waals surface area contributed by atoms with E-state index in [1.54, 1.807) is 7.05 Å². The molecule has 0 saturated carbocycles. The number of unbranched alkanes of at least 4 members (excludes halogenated alkanes) is 1. The van der Waals surface area contributed by atoms with E-state index in [1.807, 2.05) is 7.05 Å². The van der Waals surface area contributed by atoms with Crippen LogP contribution in [-0.4, -0.2) is 48.6 Å². The van der Waals surface area contributed by atoms with E-state index in [9.17, 15) is 4.79 Å². The van der Waals surface area contributed by atoms with Crippen molar-refractivity contribution < 1.29 is 4.79 Å². The molecule has 7 nitrogen and oxygen atoms in total. The number of aromatic nitrogens is 2. The van der Waals surface area contributed by atoms with Crippen LogP contribution in [0.2, 0.25) is 0 Å². The fraction of sp³-hybridized carbons (Fsp3) is 0.583. The van der Waals surface area contributed by atoms with Crippen LogP contribution in [0.1, 0.15) is 19.8 Å². The summed E-state index contributed by atoms with van der Waals surface area (Å²) < 4.78 is 0. The molecular weight excluding hydrogens is 244 g/mol. The van der Waals surface area contributed by atoms with E-state index in [-0.39, 0.29) is 0 Å². The van der Waals surface area contributed by atoms with Crippen molar-refractivity contribution in [3.63, 3.8) is 0 Å². The summed E-state index contributed by atoms with van der Waals surface area (Å²) in [5.41, 5.74) is 6.33. The van der Waals surface area contributed by atoms with Crippen molar-refractivity contribution in [1.29, 1.82) is 0 Å². The van der Waals surface area contributed by atoms with Gasteiger partial charge in [-0.15, -0.1) is 0 Å². The highest BCUT2D eigenvalue weighted by Gasteiger charge is 2.16. The van der Waals surface area contributed by atoms with Gasteiger partial charge in [0.1, 0.15) is 12.0 Å². The summed E-state index contributed by atoms with van der Waals surface area (Å²) in [6.07, 6.45) is 4.32. The van der Waals surface area contributed by atoms with Crippen molar-refractivity contribution >= 4 is 23.7 Å². The SMILES string of the molecule is CCCCN(C)CN(C=O)c1ncnc(N)c1NC. The fourth-order valence-electron chi connectivity index (χ4n) is 1.76. The van der Waals surface area contributed by atoms with Crippen LogP contribution in [0.4, 0.5) is 17.3 Å². The highest BCUT2D eigenvalue weighted by Crippen LogP contribution is 2.26. The van der Waals surface area contributed by atoms with Crippen LogP contribution in [0.3, 0.4) is 0 Å². The molecular formula is C12H22N6O. The van der Waals surface area contributed by atoms with Gasteiger partial charge in [0.05, 0.1) is 6.67 Å². The van der Waals surface area contributed by atoms with E-state index in [1.165, 1.54) is 11.2 Å². The molecule has 106 valence electrons. The minimum Gasteiger partial charge on any atom is -0.382 e. The lowest BCUT2D eigenvalue weighted by molar-refractivity contribution is -0.107. The maximum Gasteiger partial charge on any atom is 0.216 e. The lowest BCUT2D eigenvalue weighted by Crippen LogP contribution is -2.36. The molecule has 0 radical (unpaired) electrons. The zero-order chi connectivity index (χ0) is 14.3. The Morgan fingerprint density at radius 2 is 2.21 bits per heavy atom. The van der Waals surface area contributed by atoms with Crippen molar-refractivity contribution in [3.8, 4) is 0 Å². The Kier molecular flexibility index (Phi) is 6.01. The van der Waals surface area contributed by atoms with Crippen LogP contribution in [0.15, 0.2) is 6.33 Å². The normalized spacial score (nSPS) is 10.5. The van der Waals surface area contributed by atoms with E-state index in [2.05, 4.69) is 27.1 Å². The minimum absolute atomic E-state index is 0.329. The molecule has 1 rings (SSSR count). The van der Waals surface area contributed by atoms with E-state index in [0.29, 0.717) is 24.0 Å². The molecule has 0 aromatic carbocycles. The predicted octanol–water partition coefficient (Wildman–Crippen LogP) is 0.753. The van der Waals surface area contributed by atoms with Crippen LogP contribution in [-0.2, 0) is 4.79 Å². The predicted molar refractivity (Wildman–Crippen MR) is 76.9 cm³/mol. The number of nitrogens with two attached hydrogens (primary N) is 1. The van der Waals surface area contributed by atoms with Crippen LogP contribution >= 0.6 is 0 Å². The molecule has 0 unspecified atom stereocenters. The third-order valence-corrected chi connectivity index (χ3v) is 2.79. The van der Waals surface area contributed by atoms with E-state index in [0.717, 1.165) is 25.8 Å². The standard InChI is InChI=1S/C12H22N6O/c1-4-5-6-17(3)8-18(9-19)12-10(14-2)11(13)15-7-16-12/h7,9,14H,4-6,8H2,1-3H3,(H2,13,15,16). The summed E-state index contributed by atoms with van der Waals surface area (Å²) in [4.78, 5) is 22.9. The summed E-state index contributed by atoms with van der Waals surface area (Å²) in [6.45, 7) is 3.53. The van der Waals surface area contributed by atoms with Crippen molar-refractivity contribution in [2.45, 2.75) is 19.8 Å². The van der Waals surface area contributed by atoms with Crippen LogP contribution in [0.5, 0.6) is 0 Å². The average molecular weight is 266 g/mol. The van der Waals surface area contributed by atoms with Crippen LogP contribution < -0.4 is 16.0 Å². The molecule has 1 aromatic heterocycles. The van der Waals surface area contributed by atoms with Crippen molar-refractivity contribution in [2.24, 2.45) is 0 Å². The van der Waals surface area contributed by atoms with Crippen LogP contribution in [0.25, 0.3) is 0 Å². The smallest absolute Gasteiger partial charge is 0.216 e. The van der Waals surface area contributed by atoms with Crippen molar-refractivity contribution in [2.75, 3.05) is 43.3 Å². The van der Waals surface area contributed by atoms with Gasteiger partial charge < -0.3 is 11.1 Å². The Hall–Kier alpha value is -1.89. The molecule has 0 spiro atoms. The number of anilines is 3. The van der Waals surface area contributed by atoms with Crippen molar-refractivity contribution in [1.82, 2.24) is 14.9 Å². The van der Waals surface area contributed by atoms with Gasteiger partial charge in [0.15, 0.2) is 11.6 Å². The molecule has 1 heterocycles. The second kappa shape index (κ2) is 7.52. The molecule has 3 N–H and O–H groups in total. The first kappa shape index (κ1) is 15.2. The third kappa shape index (κ3) is 4.06. The van der Waals surface area contributed by atoms with Gasteiger partial charge >= 0.3 is 0 Å². The minimum atomic E-state index is 0.329. The Labute approximate surface area is 113 Å². The van der Waals surface area contributed by atoms with Gasteiger partial charge in [-0.25, -0.2) is 9.97 Å². The number of hydrogen-bond acceptors (Lipinski definition) is 6. The maximum atomic E-state index is 11.3. The number of carbonyl (C=O) groups excluding carboxylic acids is 1. The van der Waals surface area contributed by atoms with E-state index >= 15 is 0 Å². The fourth-order valence-corrected chi connectivity index (χ4v) is 1.76. The largest absolute Gasteiger partial charge is 0.382 e. The zero-order valence-electron chi connectivity index (χ0n) is 11.8. The number of nitrogens with zero attached hydrogens (tertiary/aromatic N) is 4. The maximum absolute atomic E-state index is 11.3. The third-order valence-electron chi connectivity index (χ3n) is 2.79. The quantitative estimate of drug-likeness (QED) is 0.533. The Bertz CT molecular complexity index is 411. The molecule has 1 amide bonds. The van der Waals surface area contributed by atoms with Crippen LogP contribution in [0, 0.1) is 0 Å². The molecule has 1 aromatic rings. The van der Waals surface area contributed by atoms with Gasteiger partial charge in [0, 0.05) is 7.05 Å². The Balaban J connectivity index is 2.85. The number of hydrogen-bond donors (Lipinski definition) is 2. The van der Waals surface area contributed by atoms with Gasteiger partial charge in [-0.1, -0.05) is 13.3 Å². The molecule has 0 bridgehead atoms. The second-order valence-electron chi connectivity index (χ2n) is 4.36.